The van der Waals surface area contributed by atoms with Crippen molar-refractivity contribution in [1.29, 1.82) is 0 Å². The Balaban J connectivity index is 2.17. The minimum absolute atomic E-state index is 0.0577. The topological polar surface area (TPSA) is 56.7 Å². The summed E-state index contributed by atoms with van der Waals surface area (Å²) >= 11 is 1.85. The first-order chi connectivity index (χ1) is 9.08. The summed E-state index contributed by atoms with van der Waals surface area (Å²) in [6.45, 7) is 6.75. The molecule has 2 amide bonds. The van der Waals surface area contributed by atoms with E-state index in [1.807, 2.05) is 11.8 Å². The van der Waals surface area contributed by atoms with Crippen molar-refractivity contribution in [3.63, 3.8) is 0 Å². The summed E-state index contributed by atoms with van der Waals surface area (Å²) in [6.07, 6.45) is 2.44. The fraction of sp³-hybridized carbons (Fsp3) is 0.846. The summed E-state index contributed by atoms with van der Waals surface area (Å²) in [5.41, 5.74) is 0. The lowest BCUT2D eigenvalue weighted by atomic mass is 9.99. The van der Waals surface area contributed by atoms with E-state index < -0.39 is 0 Å². The first-order valence-corrected chi connectivity index (χ1v) is 7.86. The van der Waals surface area contributed by atoms with Gasteiger partial charge in [0, 0.05) is 32.4 Å². The molecule has 5 nitrogen and oxygen atoms in total. The molecule has 1 rings (SSSR count). The van der Waals surface area contributed by atoms with Gasteiger partial charge >= 0.3 is 6.03 Å². The fourth-order valence-electron chi connectivity index (χ4n) is 2.05. The first kappa shape index (κ1) is 16.1. The molecule has 0 bridgehead atoms. The molecule has 0 radical (unpaired) electrons. The highest BCUT2D eigenvalue weighted by Crippen LogP contribution is 2.30. The molecule has 110 valence electrons. The number of carbonyl (C=O) groups is 1. The molecule has 0 aromatic rings. The normalized spacial score (nSPS) is 18.4. The lowest BCUT2D eigenvalue weighted by Crippen LogP contribution is -2.39. The largest absolute Gasteiger partial charge is 0.363 e. The second-order valence-electron chi connectivity index (χ2n) is 4.93. The van der Waals surface area contributed by atoms with Gasteiger partial charge in [-0.25, -0.2) is 4.79 Å². The Labute approximate surface area is 120 Å². The minimum atomic E-state index is -0.0577. The Kier molecular flexibility index (Phi) is 7.05. The molecule has 1 aliphatic rings. The zero-order valence-electron chi connectivity index (χ0n) is 12.4. The van der Waals surface area contributed by atoms with Crippen LogP contribution in [0.5, 0.6) is 0 Å². The number of amidine groups is 1. The van der Waals surface area contributed by atoms with Crippen molar-refractivity contribution < 1.29 is 4.79 Å². The second-order valence-corrected chi connectivity index (χ2v) is 6.16. The van der Waals surface area contributed by atoms with Crippen LogP contribution >= 0.6 is 11.8 Å². The maximum Gasteiger partial charge on any atom is 0.316 e. The third-order valence-corrected chi connectivity index (χ3v) is 4.67. The molecule has 2 N–H and O–H groups in total. The van der Waals surface area contributed by atoms with Crippen molar-refractivity contribution in [2.24, 2.45) is 10.9 Å². The van der Waals surface area contributed by atoms with E-state index in [0.717, 1.165) is 24.2 Å². The van der Waals surface area contributed by atoms with E-state index in [9.17, 15) is 4.79 Å². The number of hydrogen-bond donors (Lipinski definition) is 2. The molecular formula is C13H26N4OS. The van der Waals surface area contributed by atoms with Crippen molar-refractivity contribution in [3.8, 4) is 0 Å². The summed E-state index contributed by atoms with van der Waals surface area (Å²) in [4.78, 5) is 17.4. The van der Waals surface area contributed by atoms with Gasteiger partial charge in [-0.05, 0) is 5.92 Å². The highest BCUT2D eigenvalue weighted by atomic mass is 32.2. The molecule has 1 unspecified atom stereocenters. The van der Waals surface area contributed by atoms with Crippen LogP contribution in [-0.2, 0) is 0 Å². The Morgan fingerprint density at radius 2 is 2.11 bits per heavy atom. The molecule has 0 saturated carbocycles. The number of amides is 2. The van der Waals surface area contributed by atoms with Crippen LogP contribution < -0.4 is 10.6 Å². The number of urea groups is 1. The van der Waals surface area contributed by atoms with Crippen LogP contribution in [0.2, 0.25) is 0 Å². The Morgan fingerprint density at radius 1 is 1.42 bits per heavy atom. The Hall–Kier alpha value is -0.910. The van der Waals surface area contributed by atoms with Crippen molar-refractivity contribution in [2.45, 2.75) is 31.9 Å². The highest BCUT2D eigenvalue weighted by Gasteiger charge is 2.25. The molecule has 0 aromatic carbocycles. The van der Waals surface area contributed by atoms with Gasteiger partial charge in [0.05, 0.1) is 6.54 Å². The lowest BCUT2D eigenvalue weighted by Gasteiger charge is -2.18. The van der Waals surface area contributed by atoms with E-state index in [-0.39, 0.29) is 6.03 Å². The maximum atomic E-state index is 11.3. The molecule has 6 heteroatoms. The summed E-state index contributed by atoms with van der Waals surface area (Å²) in [7, 11) is 3.47. The summed E-state index contributed by atoms with van der Waals surface area (Å²) in [5.74, 6) is 0.751. The van der Waals surface area contributed by atoms with Crippen LogP contribution in [0.3, 0.4) is 0 Å². The molecule has 1 atom stereocenters. The monoisotopic (exact) mass is 286 g/mol. The quantitative estimate of drug-likeness (QED) is 0.732. The van der Waals surface area contributed by atoms with Gasteiger partial charge in [0.25, 0.3) is 0 Å². The molecule has 19 heavy (non-hydrogen) atoms. The first-order valence-electron chi connectivity index (χ1n) is 6.98. The van der Waals surface area contributed by atoms with Crippen LogP contribution in [-0.4, -0.2) is 55.1 Å². The third kappa shape index (κ3) is 5.30. The number of thioether (sulfide) groups is 1. The van der Waals surface area contributed by atoms with Crippen molar-refractivity contribution in [3.05, 3.63) is 0 Å². The molecule has 0 aromatic heterocycles. The van der Waals surface area contributed by atoms with E-state index in [2.05, 4.69) is 29.5 Å². The van der Waals surface area contributed by atoms with Crippen LogP contribution in [0.4, 0.5) is 4.79 Å². The van der Waals surface area contributed by atoms with Gasteiger partial charge < -0.3 is 15.5 Å². The smallest absolute Gasteiger partial charge is 0.316 e. The Morgan fingerprint density at radius 3 is 2.68 bits per heavy atom. The maximum absolute atomic E-state index is 11.3. The summed E-state index contributed by atoms with van der Waals surface area (Å²) < 4.78 is 0. The Bertz CT molecular complexity index is 316. The summed E-state index contributed by atoms with van der Waals surface area (Å²) in [6, 6.07) is -0.0577. The molecule has 0 saturated heterocycles. The fourth-order valence-corrected chi connectivity index (χ4v) is 3.39. The number of hydrogen-bond acceptors (Lipinski definition) is 4. The van der Waals surface area contributed by atoms with E-state index in [1.54, 1.807) is 14.1 Å². The number of nitrogens with one attached hydrogen (secondary N) is 2. The van der Waals surface area contributed by atoms with Gasteiger partial charge in [0.2, 0.25) is 0 Å². The number of rotatable bonds is 6. The third-order valence-electron chi connectivity index (χ3n) is 3.34. The van der Waals surface area contributed by atoms with Crippen molar-refractivity contribution in [1.82, 2.24) is 15.5 Å². The van der Waals surface area contributed by atoms with Crippen LogP contribution in [0, 0.1) is 5.92 Å². The zero-order chi connectivity index (χ0) is 14.3. The molecule has 0 fully saturated rings. The van der Waals surface area contributed by atoms with Gasteiger partial charge in [-0.15, -0.1) is 0 Å². The standard InChI is InChI=1S/C13H26N4OS/c1-5-10(6-2)11-9-16-12(19-11)14-7-8-15-13(18)17(3)4/h10-11H,5-9H2,1-4H3,(H,14,16)(H,15,18). The SMILES string of the molecule is CCC(CC)C1CN=C(NCCNC(=O)N(C)C)S1. The molecular weight excluding hydrogens is 260 g/mol. The van der Waals surface area contributed by atoms with E-state index in [0.29, 0.717) is 11.8 Å². The predicted molar refractivity (Wildman–Crippen MR) is 82.8 cm³/mol. The van der Waals surface area contributed by atoms with E-state index >= 15 is 0 Å². The van der Waals surface area contributed by atoms with Crippen LogP contribution in [0.1, 0.15) is 26.7 Å². The predicted octanol–water partition coefficient (Wildman–Crippen LogP) is 1.75. The summed E-state index contributed by atoms with van der Waals surface area (Å²) in [5, 5.41) is 7.75. The molecule has 1 heterocycles. The van der Waals surface area contributed by atoms with Crippen LogP contribution in [0.15, 0.2) is 4.99 Å². The molecule has 0 spiro atoms. The minimum Gasteiger partial charge on any atom is -0.363 e. The number of aliphatic imine (C=N–C) groups is 1. The average molecular weight is 286 g/mol. The van der Waals surface area contributed by atoms with Gasteiger partial charge in [-0.2, -0.15) is 0 Å². The number of nitrogens with zero attached hydrogens (tertiary/aromatic N) is 2. The average Bonchev–Trinajstić information content (AvgIpc) is 2.84. The van der Waals surface area contributed by atoms with Crippen molar-refractivity contribution >= 4 is 23.0 Å². The van der Waals surface area contributed by atoms with Gasteiger partial charge in [-0.1, -0.05) is 38.5 Å². The zero-order valence-corrected chi connectivity index (χ0v) is 13.2. The molecule has 1 aliphatic heterocycles. The van der Waals surface area contributed by atoms with Crippen molar-refractivity contribution in [2.75, 3.05) is 33.7 Å². The van der Waals surface area contributed by atoms with Gasteiger partial charge in [0.15, 0.2) is 5.17 Å². The highest BCUT2D eigenvalue weighted by molar-refractivity contribution is 8.14. The molecule has 0 aliphatic carbocycles. The number of carbonyl (C=O) groups excluding carboxylic acids is 1. The second kappa shape index (κ2) is 8.30. The van der Waals surface area contributed by atoms with E-state index in [1.165, 1.54) is 17.7 Å². The van der Waals surface area contributed by atoms with Gasteiger partial charge in [0.1, 0.15) is 0 Å². The van der Waals surface area contributed by atoms with Crippen LogP contribution in [0.25, 0.3) is 0 Å². The van der Waals surface area contributed by atoms with E-state index in [4.69, 9.17) is 0 Å². The lowest BCUT2D eigenvalue weighted by molar-refractivity contribution is 0.217. The van der Waals surface area contributed by atoms with Gasteiger partial charge in [-0.3, -0.25) is 4.99 Å².